The zero-order valence-electron chi connectivity index (χ0n) is 15.0. The zero-order chi connectivity index (χ0) is 19.2. The van der Waals surface area contributed by atoms with Crippen LogP contribution < -0.4 is 4.74 Å². The highest BCUT2D eigenvalue weighted by atomic mass is 19.4. The van der Waals surface area contributed by atoms with Crippen molar-refractivity contribution in [2.75, 3.05) is 20.1 Å². The molecule has 26 heavy (non-hydrogen) atoms. The van der Waals surface area contributed by atoms with Gasteiger partial charge < -0.3 is 14.7 Å². The first-order chi connectivity index (χ1) is 12.0. The van der Waals surface area contributed by atoms with Crippen molar-refractivity contribution >= 4 is 0 Å². The van der Waals surface area contributed by atoms with Crippen molar-refractivity contribution in [3.63, 3.8) is 0 Å². The van der Waals surface area contributed by atoms with Gasteiger partial charge in [0.1, 0.15) is 11.4 Å². The van der Waals surface area contributed by atoms with Crippen LogP contribution in [0.5, 0.6) is 5.75 Å². The highest BCUT2D eigenvalue weighted by molar-refractivity contribution is 5.43. The molecule has 3 rings (SSSR count). The topological polar surface area (TPSA) is 32.7 Å². The van der Waals surface area contributed by atoms with Crippen LogP contribution in [0, 0.1) is 12.3 Å². The van der Waals surface area contributed by atoms with Crippen molar-refractivity contribution in [1.82, 2.24) is 4.90 Å². The van der Waals surface area contributed by atoms with Gasteiger partial charge in [-0.2, -0.15) is 0 Å². The molecule has 0 saturated carbocycles. The van der Waals surface area contributed by atoms with Crippen LogP contribution in [0.15, 0.2) is 48.5 Å². The van der Waals surface area contributed by atoms with Gasteiger partial charge in [-0.15, -0.1) is 13.2 Å². The number of nitrogens with zero attached hydrogens (tertiary/aromatic N) is 1. The molecule has 1 N–H and O–H groups in total. The molecule has 1 aliphatic heterocycles. The first kappa shape index (κ1) is 18.7. The standard InChI is InChI=1S/C20H22F3NO2/c1-14-4-6-15(7-5-14)19(25,18(2)12-24(3)13-18)16-8-10-17(11-9-16)26-20(21,22)23/h4-11,25H,12-13H2,1-3H3/t19-/m0/s1. The van der Waals surface area contributed by atoms with Gasteiger partial charge in [0.05, 0.1) is 0 Å². The second kappa shape index (κ2) is 6.28. The molecular weight excluding hydrogens is 343 g/mol. The number of halogens is 3. The SMILES string of the molecule is Cc1ccc([C@](O)(c2ccc(OC(F)(F)F)cc2)C2(C)CN(C)C2)cc1. The van der Waals surface area contributed by atoms with Gasteiger partial charge >= 0.3 is 6.36 Å². The zero-order valence-corrected chi connectivity index (χ0v) is 15.0. The smallest absolute Gasteiger partial charge is 0.406 e. The van der Waals surface area contributed by atoms with E-state index in [0.717, 1.165) is 11.1 Å². The number of alkyl halides is 3. The fraction of sp³-hybridized carbons (Fsp3) is 0.400. The molecule has 0 unspecified atom stereocenters. The van der Waals surface area contributed by atoms with Gasteiger partial charge in [0.2, 0.25) is 0 Å². The third-order valence-corrected chi connectivity index (χ3v) is 5.09. The second-order valence-corrected chi connectivity index (χ2v) is 7.38. The first-order valence-electron chi connectivity index (χ1n) is 8.38. The van der Waals surface area contributed by atoms with Crippen LogP contribution in [0.25, 0.3) is 0 Å². The van der Waals surface area contributed by atoms with Crippen LogP contribution in [0.2, 0.25) is 0 Å². The minimum atomic E-state index is -4.74. The van der Waals surface area contributed by atoms with E-state index in [1.54, 1.807) is 0 Å². The van der Waals surface area contributed by atoms with Crippen molar-refractivity contribution in [2.45, 2.75) is 25.8 Å². The van der Waals surface area contributed by atoms with E-state index in [4.69, 9.17) is 0 Å². The Labute approximate surface area is 151 Å². The molecule has 1 fully saturated rings. The van der Waals surface area contributed by atoms with Gasteiger partial charge in [-0.3, -0.25) is 0 Å². The molecule has 1 atom stereocenters. The highest BCUT2D eigenvalue weighted by Gasteiger charge is 2.55. The van der Waals surface area contributed by atoms with E-state index in [0.29, 0.717) is 18.7 Å². The summed E-state index contributed by atoms with van der Waals surface area (Å²) in [6.45, 7) is 5.31. The number of aryl methyl sites for hydroxylation is 1. The molecule has 0 spiro atoms. The normalized spacial score (nSPS) is 19.5. The van der Waals surface area contributed by atoms with E-state index in [1.807, 2.05) is 45.2 Å². The van der Waals surface area contributed by atoms with E-state index in [2.05, 4.69) is 9.64 Å². The average Bonchev–Trinajstić information content (AvgIpc) is 2.52. The van der Waals surface area contributed by atoms with Gasteiger partial charge in [-0.05, 0) is 37.2 Å². The van der Waals surface area contributed by atoms with E-state index < -0.39 is 17.4 Å². The van der Waals surface area contributed by atoms with Crippen LogP contribution in [0.4, 0.5) is 13.2 Å². The van der Waals surface area contributed by atoms with Crippen molar-refractivity contribution in [3.05, 3.63) is 65.2 Å². The lowest BCUT2D eigenvalue weighted by atomic mass is 9.62. The lowest BCUT2D eigenvalue weighted by Gasteiger charge is -2.56. The molecule has 6 heteroatoms. The predicted molar refractivity (Wildman–Crippen MR) is 92.9 cm³/mol. The molecule has 0 radical (unpaired) electrons. The maximum atomic E-state index is 12.4. The quantitative estimate of drug-likeness (QED) is 0.886. The van der Waals surface area contributed by atoms with E-state index in [1.165, 1.54) is 24.3 Å². The molecule has 1 aliphatic rings. The van der Waals surface area contributed by atoms with Crippen LogP contribution in [0.1, 0.15) is 23.6 Å². The number of aliphatic hydroxyl groups is 1. The Morgan fingerprint density at radius 3 is 1.85 bits per heavy atom. The van der Waals surface area contributed by atoms with E-state index >= 15 is 0 Å². The third kappa shape index (κ3) is 3.31. The minimum Gasteiger partial charge on any atom is -0.406 e. The van der Waals surface area contributed by atoms with Crippen molar-refractivity contribution in [1.29, 1.82) is 0 Å². The maximum absolute atomic E-state index is 12.4. The van der Waals surface area contributed by atoms with Gasteiger partial charge in [0.15, 0.2) is 0 Å². The largest absolute Gasteiger partial charge is 0.573 e. The van der Waals surface area contributed by atoms with Gasteiger partial charge in [-0.25, -0.2) is 0 Å². The first-order valence-corrected chi connectivity index (χ1v) is 8.38. The molecule has 140 valence electrons. The number of ether oxygens (including phenoxy) is 1. The van der Waals surface area contributed by atoms with E-state index in [-0.39, 0.29) is 5.75 Å². The summed E-state index contributed by atoms with van der Waals surface area (Å²) in [5.74, 6) is -0.302. The Hall–Kier alpha value is -2.05. The monoisotopic (exact) mass is 365 g/mol. The summed E-state index contributed by atoms with van der Waals surface area (Å²) in [4.78, 5) is 2.10. The molecule has 2 aromatic rings. The summed E-state index contributed by atoms with van der Waals surface area (Å²) < 4.78 is 41.1. The van der Waals surface area contributed by atoms with Crippen molar-refractivity contribution < 1.29 is 23.0 Å². The second-order valence-electron chi connectivity index (χ2n) is 7.38. The Bertz CT molecular complexity index is 765. The maximum Gasteiger partial charge on any atom is 0.573 e. The molecule has 2 aromatic carbocycles. The Morgan fingerprint density at radius 2 is 1.42 bits per heavy atom. The molecule has 0 bridgehead atoms. The Morgan fingerprint density at radius 1 is 0.962 bits per heavy atom. The Kier molecular flexibility index (Phi) is 4.53. The lowest BCUT2D eigenvalue weighted by molar-refractivity contribution is -0.274. The highest BCUT2D eigenvalue weighted by Crippen LogP contribution is 2.50. The van der Waals surface area contributed by atoms with Crippen LogP contribution in [-0.4, -0.2) is 36.5 Å². The third-order valence-electron chi connectivity index (χ3n) is 5.09. The number of benzene rings is 2. The van der Waals surface area contributed by atoms with Gasteiger partial charge in [0, 0.05) is 18.5 Å². The average molecular weight is 365 g/mol. The molecular formula is C20H22F3NO2. The number of hydrogen-bond acceptors (Lipinski definition) is 3. The van der Waals surface area contributed by atoms with Crippen molar-refractivity contribution in [2.24, 2.45) is 5.41 Å². The summed E-state index contributed by atoms with van der Waals surface area (Å²) in [7, 11) is 1.97. The molecule has 1 heterocycles. The Balaban J connectivity index is 2.03. The summed E-state index contributed by atoms with van der Waals surface area (Å²) in [5.41, 5.74) is 0.573. The van der Waals surface area contributed by atoms with Gasteiger partial charge in [-0.1, -0.05) is 48.9 Å². The van der Waals surface area contributed by atoms with Crippen molar-refractivity contribution in [3.8, 4) is 5.75 Å². The molecule has 0 aliphatic carbocycles. The number of rotatable bonds is 4. The molecule has 0 aromatic heterocycles. The summed E-state index contributed by atoms with van der Waals surface area (Å²) in [5, 5.41) is 11.8. The van der Waals surface area contributed by atoms with Gasteiger partial charge in [0.25, 0.3) is 0 Å². The summed E-state index contributed by atoms with van der Waals surface area (Å²) in [6.07, 6.45) is -4.74. The molecule has 3 nitrogen and oxygen atoms in total. The predicted octanol–water partition coefficient (Wildman–Crippen LogP) is 4.08. The number of hydrogen-bond donors (Lipinski definition) is 1. The fourth-order valence-corrected chi connectivity index (χ4v) is 3.93. The molecule has 0 amide bonds. The summed E-state index contributed by atoms with van der Waals surface area (Å²) in [6, 6.07) is 13.1. The fourth-order valence-electron chi connectivity index (χ4n) is 3.93. The number of likely N-dealkylation sites (tertiary alicyclic amines) is 1. The van der Waals surface area contributed by atoms with Crippen LogP contribution in [-0.2, 0) is 5.60 Å². The summed E-state index contributed by atoms with van der Waals surface area (Å²) >= 11 is 0. The van der Waals surface area contributed by atoms with Crippen LogP contribution in [0.3, 0.4) is 0 Å². The van der Waals surface area contributed by atoms with Crippen LogP contribution >= 0.6 is 0 Å². The minimum absolute atomic E-state index is 0.302. The molecule has 1 saturated heterocycles. The van der Waals surface area contributed by atoms with E-state index in [9.17, 15) is 18.3 Å². The lowest BCUT2D eigenvalue weighted by Crippen LogP contribution is -2.63.